The van der Waals surface area contributed by atoms with Crippen LogP contribution in [0, 0.1) is 0 Å². The van der Waals surface area contributed by atoms with E-state index >= 15 is 0 Å². The number of carbonyl (C=O) groups is 2. The summed E-state index contributed by atoms with van der Waals surface area (Å²) in [6.45, 7) is -0.263. The summed E-state index contributed by atoms with van der Waals surface area (Å²) < 4.78 is 0. The molecule has 0 aliphatic carbocycles. The molecular formula is C12H24Cl2N4O6. The number of amides is 4. The molecule has 0 rings (SSSR count). The molecule has 0 heterocycles. The molecule has 0 aliphatic heterocycles. The van der Waals surface area contributed by atoms with E-state index in [1.54, 1.807) is 0 Å². The molecule has 142 valence electrons. The van der Waals surface area contributed by atoms with Crippen molar-refractivity contribution in [2.45, 2.75) is 24.4 Å². The second-order valence-electron chi connectivity index (χ2n) is 4.77. The van der Waals surface area contributed by atoms with E-state index < -0.39 is 36.5 Å². The lowest BCUT2D eigenvalue weighted by molar-refractivity contribution is -0.101. The lowest BCUT2D eigenvalue weighted by Gasteiger charge is -2.26. The predicted molar refractivity (Wildman–Crippen MR) is 88.3 cm³/mol. The van der Waals surface area contributed by atoms with Gasteiger partial charge in [0.2, 0.25) is 0 Å². The summed E-state index contributed by atoms with van der Waals surface area (Å²) >= 11 is 10.8. The number of aliphatic hydroxyl groups is 4. The summed E-state index contributed by atoms with van der Waals surface area (Å²) in [7, 11) is 0. The van der Waals surface area contributed by atoms with Crippen molar-refractivity contribution in [3.05, 3.63) is 0 Å². The van der Waals surface area contributed by atoms with Crippen LogP contribution in [0.2, 0.25) is 0 Å². The Balaban J connectivity index is 4.15. The van der Waals surface area contributed by atoms with Crippen molar-refractivity contribution >= 4 is 35.3 Å². The molecule has 0 radical (unpaired) electrons. The van der Waals surface area contributed by atoms with Crippen molar-refractivity contribution in [3.63, 3.8) is 0 Å². The van der Waals surface area contributed by atoms with Crippen LogP contribution in [0.1, 0.15) is 0 Å². The van der Waals surface area contributed by atoms with Crippen molar-refractivity contribution in [1.82, 2.24) is 21.3 Å². The second kappa shape index (κ2) is 13.3. The number of hydrogen-bond acceptors (Lipinski definition) is 6. The van der Waals surface area contributed by atoms with Crippen molar-refractivity contribution in [1.29, 1.82) is 0 Å². The third-order valence-electron chi connectivity index (χ3n) is 2.84. The highest BCUT2D eigenvalue weighted by atomic mass is 35.5. The topological polar surface area (TPSA) is 163 Å². The first-order chi connectivity index (χ1) is 11.3. The van der Waals surface area contributed by atoms with Gasteiger partial charge in [-0.25, -0.2) is 9.59 Å². The van der Waals surface area contributed by atoms with Crippen molar-refractivity contribution in [2.24, 2.45) is 0 Å². The minimum absolute atomic E-state index is 0.217. The largest absolute Gasteiger partial charge is 0.388 e. The maximum atomic E-state index is 11.2. The van der Waals surface area contributed by atoms with Gasteiger partial charge in [-0.3, -0.25) is 0 Å². The number of halogens is 2. The first-order valence-electron chi connectivity index (χ1n) is 7.21. The molecule has 0 fully saturated rings. The number of aliphatic hydroxyl groups excluding tert-OH is 4. The van der Waals surface area contributed by atoms with Crippen LogP contribution in [0.5, 0.6) is 0 Å². The van der Waals surface area contributed by atoms with Gasteiger partial charge in [0.25, 0.3) is 0 Å². The van der Waals surface area contributed by atoms with Gasteiger partial charge >= 0.3 is 12.1 Å². The van der Waals surface area contributed by atoms with Crippen molar-refractivity contribution in [2.75, 3.05) is 37.9 Å². The number of rotatable bonds is 11. The third kappa shape index (κ3) is 9.96. The van der Waals surface area contributed by atoms with Crippen LogP contribution in [0.4, 0.5) is 9.59 Å². The lowest BCUT2D eigenvalue weighted by atomic mass is 10.0. The summed E-state index contributed by atoms with van der Waals surface area (Å²) in [6, 6.07) is -1.20. The number of carbonyl (C=O) groups excluding carboxylic acids is 2. The fourth-order valence-electron chi connectivity index (χ4n) is 1.54. The average Bonchev–Trinajstić information content (AvgIpc) is 2.58. The number of nitrogens with one attached hydrogen (secondary N) is 4. The molecule has 0 spiro atoms. The summed E-state index contributed by atoms with van der Waals surface area (Å²) in [5.41, 5.74) is 0. The number of alkyl halides is 2. The van der Waals surface area contributed by atoms with Crippen LogP contribution < -0.4 is 21.3 Å². The van der Waals surface area contributed by atoms with Crippen molar-refractivity contribution in [3.8, 4) is 0 Å². The van der Waals surface area contributed by atoms with E-state index in [1.807, 2.05) is 0 Å². The van der Waals surface area contributed by atoms with Crippen LogP contribution >= 0.6 is 23.2 Å². The Kier molecular flexibility index (Phi) is 12.7. The van der Waals surface area contributed by atoms with Gasteiger partial charge in [0, 0.05) is 37.9 Å². The van der Waals surface area contributed by atoms with E-state index in [4.69, 9.17) is 23.2 Å². The maximum absolute atomic E-state index is 11.2. The van der Waals surface area contributed by atoms with E-state index in [0.29, 0.717) is 0 Å². The molecule has 0 bridgehead atoms. The average molecular weight is 391 g/mol. The quantitative estimate of drug-likeness (QED) is 0.182. The Bertz CT molecular complexity index is 345. The Labute approximate surface area is 149 Å². The molecule has 0 saturated carbocycles. The normalized spacial score (nSPS) is 15.8. The first kappa shape index (κ1) is 23.0. The summed E-state index contributed by atoms with van der Waals surface area (Å²) in [4.78, 5) is 22.5. The van der Waals surface area contributed by atoms with Crippen LogP contribution in [0.15, 0.2) is 0 Å². The predicted octanol–water partition coefficient (Wildman–Crippen LogP) is -2.49. The third-order valence-corrected chi connectivity index (χ3v) is 3.22. The zero-order chi connectivity index (χ0) is 18.5. The molecular weight excluding hydrogens is 367 g/mol. The molecule has 0 aromatic rings. The monoisotopic (exact) mass is 390 g/mol. The zero-order valence-corrected chi connectivity index (χ0v) is 14.4. The summed E-state index contributed by atoms with van der Waals surface area (Å²) in [6.07, 6.45) is -6.52. The Hall–Kier alpha value is -1.04. The zero-order valence-electron chi connectivity index (χ0n) is 12.9. The number of urea groups is 2. The van der Waals surface area contributed by atoms with Gasteiger partial charge in [0.1, 0.15) is 12.2 Å². The maximum Gasteiger partial charge on any atom is 0.314 e. The highest BCUT2D eigenvalue weighted by molar-refractivity contribution is 6.18. The van der Waals surface area contributed by atoms with E-state index in [9.17, 15) is 30.0 Å². The van der Waals surface area contributed by atoms with E-state index in [-0.39, 0.29) is 37.9 Å². The fourth-order valence-corrected chi connectivity index (χ4v) is 1.73. The molecule has 0 aromatic heterocycles. The van der Waals surface area contributed by atoms with Gasteiger partial charge in [-0.2, -0.15) is 0 Å². The van der Waals surface area contributed by atoms with Crippen LogP contribution in [0.3, 0.4) is 0 Å². The number of hydrogen-bond donors (Lipinski definition) is 8. The SMILES string of the molecule is O=C(NCCCl)NC[C@@H](O)[C@@H](O)[C@H](O)[C@H](O)CNC(=O)NCCCl. The molecule has 0 saturated heterocycles. The Morgan fingerprint density at radius 2 is 1.04 bits per heavy atom. The lowest BCUT2D eigenvalue weighted by Crippen LogP contribution is -2.53. The van der Waals surface area contributed by atoms with Crippen LogP contribution in [-0.2, 0) is 0 Å². The van der Waals surface area contributed by atoms with Gasteiger partial charge in [0.05, 0.1) is 12.2 Å². The van der Waals surface area contributed by atoms with Gasteiger partial charge in [-0.15, -0.1) is 23.2 Å². The summed E-state index contributed by atoms with van der Waals surface area (Å²) in [5.74, 6) is 0.434. The molecule has 12 heteroatoms. The minimum atomic E-state index is -1.74. The molecule has 4 amide bonds. The Morgan fingerprint density at radius 1 is 0.708 bits per heavy atom. The van der Waals surface area contributed by atoms with Crippen LogP contribution in [0.25, 0.3) is 0 Å². The van der Waals surface area contributed by atoms with Gasteiger partial charge in [0.15, 0.2) is 0 Å². The van der Waals surface area contributed by atoms with Crippen molar-refractivity contribution < 1.29 is 30.0 Å². The standard InChI is InChI=1S/C12H24Cl2N4O6/c13-1-3-15-11(23)17-5-7(19)9(21)10(22)8(20)6-18-12(24)16-4-2-14/h7-10,19-22H,1-6H2,(H2,15,17,23)(H2,16,18,24)/t7-,8-,9-,10-/m1/s1. The molecule has 24 heavy (non-hydrogen) atoms. The fraction of sp³-hybridized carbons (Fsp3) is 0.833. The van der Waals surface area contributed by atoms with Gasteiger partial charge in [-0.05, 0) is 0 Å². The highest BCUT2D eigenvalue weighted by Crippen LogP contribution is 2.04. The summed E-state index contributed by atoms with van der Waals surface area (Å²) in [5, 5.41) is 48.2. The molecule has 0 aliphatic rings. The highest BCUT2D eigenvalue weighted by Gasteiger charge is 2.30. The van der Waals surface area contributed by atoms with E-state index in [1.165, 1.54) is 0 Å². The molecule has 0 aromatic carbocycles. The van der Waals surface area contributed by atoms with Gasteiger partial charge < -0.3 is 41.7 Å². The van der Waals surface area contributed by atoms with Gasteiger partial charge in [-0.1, -0.05) is 0 Å². The van der Waals surface area contributed by atoms with E-state index in [0.717, 1.165) is 0 Å². The minimum Gasteiger partial charge on any atom is -0.388 e. The molecule has 4 atom stereocenters. The van der Waals surface area contributed by atoms with Crippen LogP contribution in [-0.4, -0.2) is 94.8 Å². The molecule has 8 N–H and O–H groups in total. The second-order valence-corrected chi connectivity index (χ2v) is 5.52. The molecule has 10 nitrogen and oxygen atoms in total. The molecule has 0 unspecified atom stereocenters. The first-order valence-corrected chi connectivity index (χ1v) is 8.28. The Morgan fingerprint density at radius 3 is 1.33 bits per heavy atom. The smallest absolute Gasteiger partial charge is 0.314 e. The van der Waals surface area contributed by atoms with E-state index in [2.05, 4.69) is 21.3 Å².